The third-order valence-electron chi connectivity index (χ3n) is 10.6. The normalized spacial score (nSPS) is 47.6. The first-order valence-electron chi connectivity index (χ1n) is 13.8. The van der Waals surface area contributed by atoms with Gasteiger partial charge in [-0.1, -0.05) is 19.4 Å². The van der Waals surface area contributed by atoms with Crippen LogP contribution < -0.4 is 0 Å². The third kappa shape index (κ3) is 3.91. The molecule has 0 aromatic heterocycles. The number of carbonyl (C=O) groups is 2. The molecule has 37 heavy (non-hydrogen) atoms. The number of aliphatic hydroxyl groups is 3. The Kier molecular flexibility index (Phi) is 7.21. The van der Waals surface area contributed by atoms with E-state index in [1.54, 1.807) is 13.0 Å². The van der Waals surface area contributed by atoms with E-state index in [0.717, 1.165) is 24.8 Å². The number of ketones is 2. The minimum Gasteiger partial charge on any atom is -0.390 e. The number of hydrogen-bond donors (Lipinski definition) is 3. The quantitative estimate of drug-likeness (QED) is 0.434. The summed E-state index contributed by atoms with van der Waals surface area (Å²) in [4.78, 5) is 25.2. The summed E-state index contributed by atoms with van der Waals surface area (Å²) in [6, 6.07) is 0. The standard InChI is InChI=1S/C28H41FO8/c1-25-9-8-18(31)13-17(25)6-7-19-20-14-23(35-11-12-37-24-5-3-4-10-36-24)28(34,22(33)16-30)26(20,2)15-21(32)27(19,25)29/h13,19-21,23-24,30,32,34H,3-12,14-16H2,1-2H3/t19-,20-,21?,23?,24?,25-,26-,27-,28+/m0/s1. The number of allylic oxidation sites excluding steroid dienone is 1. The highest BCUT2D eigenvalue weighted by Gasteiger charge is 2.76. The molecule has 5 rings (SSSR count). The van der Waals surface area contributed by atoms with E-state index in [9.17, 15) is 24.9 Å². The molecule has 1 heterocycles. The highest BCUT2D eigenvalue weighted by atomic mass is 19.1. The van der Waals surface area contributed by atoms with Crippen molar-refractivity contribution in [3.05, 3.63) is 11.6 Å². The molecular weight excluding hydrogens is 483 g/mol. The van der Waals surface area contributed by atoms with Gasteiger partial charge in [0, 0.05) is 29.8 Å². The molecule has 9 heteroatoms. The Bertz CT molecular complexity index is 948. The number of aliphatic hydroxyl groups excluding tert-OH is 2. The average Bonchev–Trinajstić information content (AvgIpc) is 3.10. The number of hydrogen-bond acceptors (Lipinski definition) is 8. The number of fused-ring (bicyclic) bond motifs is 5. The van der Waals surface area contributed by atoms with Gasteiger partial charge in [-0.2, -0.15) is 0 Å². The molecule has 4 aliphatic carbocycles. The molecule has 0 radical (unpaired) electrons. The molecule has 1 aliphatic heterocycles. The number of carbonyl (C=O) groups excluding carboxylic acids is 2. The smallest absolute Gasteiger partial charge is 0.192 e. The molecule has 208 valence electrons. The Balaban J connectivity index is 1.41. The van der Waals surface area contributed by atoms with Crippen molar-refractivity contribution in [3.8, 4) is 0 Å². The number of Topliss-reactive ketones (excluding diaryl/α,β-unsaturated/α-hetero) is 1. The van der Waals surface area contributed by atoms with E-state index >= 15 is 4.39 Å². The third-order valence-corrected chi connectivity index (χ3v) is 10.6. The highest BCUT2D eigenvalue weighted by molar-refractivity contribution is 5.92. The predicted molar refractivity (Wildman–Crippen MR) is 130 cm³/mol. The zero-order valence-corrected chi connectivity index (χ0v) is 21.9. The number of rotatable bonds is 7. The van der Waals surface area contributed by atoms with E-state index < -0.39 is 58.5 Å². The summed E-state index contributed by atoms with van der Waals surface area (Å²) >= 11 is 0. The van der Waals surface area contributed by atoms with E-state index in [1.807, 2.05) is 6.92 Å². The Morgan fingerprint density at radius 1 is 1.16 bits per heavy atom. The molecule has 0 amide bonds. The van der Waals surface area contributed by atoms with Gasteiger partial charge in [0.2, 0.25) is 0 Å². The van der Waals surface area contributed by atoms with Gasteiger partial charge in [-0.05, 0) is 63.4 Å². The van der Waals surface area contributed by atoms with Gasteiger partial charge in [0.25, 0.3) is 0 Å². The first-order chi connectivity index (χ1) is 17.5. The molecule has 3 N–H and O–H groups in total. The van der Waals surface area contributed by atoms with Crippen LogP contribution in [-0.4, -0.2) is 83.1 Å². The molecule has 0 bridgehead atoms. The summed E-state index contributed by atoms with van der Waals surface area (Å²) in [7, 11) is 0. The van der Waals surface area contributed by atoms with Gasteiger partial charge < -0.3 is 29.5 Å². The first-order valence-corrected chi connectivity index (χ1v) is 13.8. The minimum atomic E-state index is -2.07. The van der Waals surface area contributed by atoms with Crippen molar-refractivity contribution in [2.75, 3.05) is 26.4 Å². The van der Waals surface area contributed by atoms with E-state index in [0.29, 0.717) is 25.9 Å². The van der Waals surface area contributed by atoms with Gasteiger partial charge in [-0.15, -0.1) is 0 Å². The van der Waals surface area contributed by atoms with Gasteiger partial charge >= 0.3 is 0 Å². The van der Waals surface area contributed by atoms with E-state index in [-0.39, 0.29) is 44.5 Å². The highest BCUT2D eigenvalue weighted by Crippen LogP contribution is 2.70. The van der Waals surface area contributed by atoms with Crippen LogP contribution in [0.5, 0.6) is 0 Å². The predicted octanol–water partition coefficient (Wildman–Crippen LogP) is 2.41. The van der Waals surface area contributed by atoms with Crippen molar-refractivity contribution in [2.24, 2.45) is 22.7 Å². The lowest BCUT2D eigenvalue weighted by molar-refractivity contribution is -0.233. The van der Waals surface area contributed by atoms with Crippen LogP contribution in [0.2, 0.25) is 0 Å². The zero-order valence-electron chi connectivity index (χ0n) is 21.9. The molecule has 4 fully saturated rings. The molecule has 1 saturated heterocycles. The van der Waals surface area contributed by atoms with Crippen molar-refractivity contribution in [1.82, 2.24) is 0 Å². The molecule has 9 atom stereocenters. The lowest BCUT2D eigenvalue weighted by Crippen LogP contribution is -2.70. The summed E-state index contributed by atoms with van der Waals surface area (Å²) in [5.41, 5.74) is -5.50. The Hall–Kier alpha value is -1.23. The van der Waals surface area contributed by atoms with E-state index in [1.165, 1.54) is 0 Å². The maximum atomic E-state index is 17.3. The average molecular weight is 525 g/mol. The summed E-state index contributed by atoms with van der Waals surface area (Å²) in [5, 5.41) is 33.2. The zero-order chi connectivity index (χ0) is 26.6. The molecule has 8 nitrogen and oxygen atoms in total. The Morgan fingerprint density at radius 3 is 2.62 bits per heavy atom. The SMILES string of the molecule is C[C@]12CCC(=O)C=C1CC[C@H]1[C@@H]3CC(OCCOC4CCCCO4)[C@](O)(C(=O)CO)[C@@]3(C)CC(O)[C@@]12F. The molecule has 5 aliphatic rings. The summed E-state index contributed by atoms with van der Waals surface area (Å²) in [5.74, 6) is -1.87. The lowest BCUT2D eigenvalue weighted by atomic mass is 9.44. The van der Waals surface area contributed by atoms with Crippen LogP contribution >= 0.6 is 0 Å². The van der Waals surface area contributed by atoms with Crippen molar-refractivity contribution in [2.45, 2.75) is 101 Å². The first kappa shape index (κ1) is 27.3. The van der Waals surface area contributed by atoms with Crippen LogP contribution in [-0.2, 0) is 23.8 Å². The van der Waals surface area contributed by atoms with Gasteiger partial charge in [0.15, 0.2) is 23.5 Å². The minimum absolute atomic E-state index is 0.0113. The fraction of sp³-hybridized carbons (Fsp3) is 0.857. The van der Waals surface area contributed by atoms with Crippen LogP contribution in [0, 0.1) is 22.7 Å². The molecule has 3 saturated carbocycles. The van der Waals surface area contributed by atoms with E-state index in [4.69, 9.17) is 14.2 Å². The van der Waals surface area contributed by atoms with Crippen molar-refractivity contribution >= 4 is 11.6 Å². The van der Waals surface area contributed by atoms with Gasteiger partial charge in [-0.25, -0.2) is 4.39 Å². The topological polar surface area (TPSA) is 123 Å². The van der Waals surface area contributed by atoms with Crippen LogP contribution in [0.1, 0.15) is 71.6 Å². The number of halogens is 1. The fourth-order valence-corrected chi connectivity index (χ4v) is 8.58. The maximum Gasteiger partial charge on any atom is 0.192 e. The van der Waals surface area contributed by atoms with Crippen LogP contribution in [0.15, 0.2) is 11.6 Å². The van der Waals surface area contributed by atoms with Gasteiger partial charge in [0.05, 0.1) is 25.4 Å². The fourth-order valence-electron chi connectivity index (χ4n) is 8.58. The molecular formula is C28H41FO8. The molecule has 3 unspecified atom stereocenters. The summed E-state index contributed by atoms with van der Waals surface area (Å²) in [6.45, 7) is 3.63. The maximum absolute atomic E-state index is 17.3. The lowest BCUT2D eigenvalue weighted by Gasteiger charge is -2.63. The van der Waals surface area contributed by atoms with Crippen molar-refractivity contribution in [3.63, 3.8) is 0 Å². The number of ether oxygens (including phenoxy) is 3. The summed E-state index contributed by atoms with van der Waals surface area (Å²) in [6.07, 6.45) is 3.27. The summed E-state index contributed by atoms with van der Waals surface area (Å²) < 4.78 is 34.7. The Labute approximate surface area is 217 Å². The van der Waals surface area contributed by atoms with Crippen LogP contribution in [0.3, 0.4) is 0 Å². The molecule has 0 aromatic rings. The van der Waals surface area contributed by atoms with Gasteiger partial charge in [-0.3, -0.25) is 9.59 Å². The van der Waals surface area contributed by atoms with E-state index in [2.05, 4.69) is 0 Å². The molecule has 0 aromatic carbocycles. The second-order valence-corrected chi connectivity index (χ2v) is 12.2. The number of alkyl halides is 1. The second kappa shape index (κ2) is 9.75. The molecule has 0 spiro atoms. The van der Waals surface area contributed by atoms with Crippen molar-refractivity contribution in [1.29, 1.82) is 0 Å². The van der Waals surface area contributed by atoms with Crippen LogP contribution in [0.4, 0.5) is 4.39 Å². The van der Waals surface area contributed by atoms with Gasteiger partial charge in [0.1, 0.15) is 12.3 Å². The Morgan fingerprint density at radius 2 is 1.92 bits per heavy atom. The van der Waals surface area contributed by atoms with Crippen molar-refractivity contribution < 1.29 is 43.5 Å². The monoisotopic (exact) mass is 524 g/mol. The largest absolute Gasteiger partial charge is 0.390 e. The second-order valence-electron chi connectivity index (χ2n) is 12.2. The van der Waals surface area contributed by atoms with Crippen LogP contribution in [0.25, 0.3) is 0 Å².